The molecule has 1 unspecified atom stereocenters. The number of nitrogens with zero attached hydrogens (tertiary/aromatic N) is 2. The minimum Gasteiger partial charge on any atom is -0.379 e. The summed E-state index contributed by atoms with van der Waals surface area (Å²) < 4.78 is 5.57. The third-order valence-electron chi connectivity index (χ3n) is 2.50. The van der Waals surface area contributed by atoms with Crippen LogP contribution in [0.3, 0.4) is 0 Å². The maximum absolute atomic E-state index is 5.57. The number of rotatable bonds is 6. The number of hydrogen-bond donors (Lipinski definition) is 1. The lowest BCUT2D eigenvalue weighted by atomic mass is 10.1. The molecule has 0 aliphatic rings. The van der Waals surface area contributed by atoms with Crippen LogP contribution in [0.15, 0.2) is 6.07 Å². The van der Waals surface area contributed by atoms with Crippen molar-refractivity contribution in [2.75, 3.05) is 20.3 Å². The molecule has 1 aromatic rings. The highest BCUT2D eigenvalue weighted by Crippen LogP contribution is 2.16. The van der Waals surface area contributed by atoms with Gasteiger partial charge in [0.05, 0.1) is 24.0 Å². The van der Waals surface area contributed by atoms with Gasteiger partial charge in [0.15, 0.2) is 0 Å². The van der Waals surface area contributed by atoms with Gasteiger partial charge in [0, 0.05) is 6.61 Å². The molecule has 0 spiro atoms. The Kier molecular flexibility index (Phi) is 5.35. The van der Waals surface area contributed by atoms with E-state index >= 15 is 0 Å². The summed E-state index contributed by atoms with van der Waals surface area (Å²) in [6, 6.07) is 2.26. The van der Waals surface area contributed by atoms with Gasteiger partial charge in [-0.1, -0.05) is 6.92 Å². The fraction of sp³-hybridized carbons (Fsp3) is 0.667. The van der Waals surface area contributed by atoms with Crippen molar-refractivity contribution >= 4 is 0 Å². The van der Waals surface area contributed by atoms with E-state index < -0.39 is 0 Å². The number of nitrogens with one attached hydrogen (secondary N) is 1. The Hall–Kier alpha value is -1.00. The number of ether oxygens (including phenoxy) is 1. The number of aryl methyl sites for hydroxylation is 2. The summed E-state index contributed by atoms with van der Waals surface area (Å²) in [6.07, 6.45) is 1.04. The maximum Gasteiger partial charge on any atom is 0.0662 e. The average Bonchev–Trinajstić information content (AvgIpc) is 2.28. The van der Waals surface area contributed by atoms with Gasteiger partial charge < -0.3 is 10.1 Å². The molecule has 1 N–H and O–H groups in total. The van der Waals surface area contributed by atoms with Gasteiger partial charge in [-0.15, -0.1) is 0 Å². The molecule has 0 saturated carbocycles. The molecule has 0 radical (unpaired) electrons. The summed E-state index contributed by atoms with van der Waals surface area (Å²) in [5, 5.41) is 11.4. The Bertz CT molecular complexity index is 328. The molecule has 4 heteroatoms. The van der Waals surface area contributed by atoms with E-state index in [2.05, 4.69) is 28.5 Å². The second kappa shape index (κ2) is 6.55. The molecule has 1 aromatic heterocycles. The Labute approximate surface area is 97.4 Å². The smallest absolute Gasteiger partial charge is 0.0662 e. The summed E-state index contributed by atoms with van der Waals surface area (Å²) >= 11 is 0. The zero-order valence-corrected chi connectivity index (χ0v) is 10.6. The Morgan fingerprint density at radius 3 is 2.75 bits per heavy atom. The van der Waals surface area contributed by atoms with Gasteiger partial charge in [0.2, 0.25) is 0 Å². The summed E-state index contributed by atoms with van der Waals surface area (Å²) in [5.41, 5.74) is 3.08. The lowest BCUT2D eigenvalue weighted by molar-refractivity contribution is 0.114. The molecular formula is C12H21N3O. The molecule has 1 rings (SSSR count). The van der Waals surface area contributed by atoms with E-state index in [4.69, 9.17) is 4.74 Å². The van der Waals surface area contributed by atoms with Crippen molar-refractivity contribution in [3.8, 4) is 0 Å². The summed E-state index contributed by atoms with van der Waals surface area (Å²) in [7, 11) is 1.94. The van der Waals surface area contributed by atoms with Crippen LogP contribution in [0, 0.1) is 13.8 Å². The van der Waals surface area contributed by atoms with Crippen molar-refractivity contribution in [1.29, 1.82) is 0 Å². The second-order valence-electron chi connectivity index (χ2n) is 3.94. The van der Waals surface area contributed by atoms with E-state index in [-0.39, 0.29) is 6.04 Å². The molecule has 16 heavy (non-hydrogen) atoms. The monoisotopic (exact) mass is 223 g/mol. The lowest BCUT2D eigenvalue weighted by Gasteiger charge is -2.18. The molecular weight excluding hydrogens is 202 g/mol. The highest BCUT2D eigenvalue weighted by molar-refractivity contribution is 5.23. The Balaban J connectivity index is 2.73. The molecule has 90 valence electrons. The zero-order chi connectivity index (χ0) is 12.0. The molecule has 1 atom stereocenters. The molecule has 0 aliphatic heterocycles. The SMILES string of the molecule is CCCOCC(NC)c1cc(C)nnc1C. The van der Waals surface area contributed by atoms with Crippen molar-refractivity contribution in [2.24, 2.45) is 0 Å². The Morgan fingerprint density at radius 2 is 2.12 bits per heavy atom. The zero-order valence-electron chi connectivity index (χ0n) is 10.6. The highest BCUT2D eigenvalue weighted by Gasteiger charge is 2.13. The topological polar surface area (TPSA) is 47.0 Å². The van der Waals surface area contributed by atoms with Crippen molar-refractivity contribution in [3.63, 3.8) is 0 Å². The molecule has 0 fully saturated rings. The normalized spacial score (nSPS) is 12.8. The van der Waals surface area contributed by atoms with E-state index in [0.29, 0.717) is 6.61 Å². The quantitative estimate of drug-likeness (QED) is 0.747. The van der Waals surface area contributed by atoms with Crippen molar-refractivity contribution < 1.29 is 4.74 Å². The van der Waals surface area contributed by atoms with Gasteiger partial charge in [0.25, 0.3) is 0 Å². The summed E-state index contributed by atoms with van der Waals surface area (Å²) in [6.45, 7) is 7.52. The number of likely N-dealkylation sites (N-methyl/N-ethyl adjacent to an activating group) is 1. The van der Waals surface area contributed by atoms with Crippen LogP contribution in [0.25, 0.3) is 0 Å². The van der Waals surface area contributed by atoms with Gasteiger partial charge in [-0.25, -0.2) is 0 Å². The molecule has 0 aromatic carbocycles. The van der Waals surface area contributed by atoms with Crippen LogP contribution in [-0.2, 0) is 4.74 Å². The number of hydrogen-bond acceptors (Lipinski definition) is 4. The molecule has 0 saturated heterocycles. The highest BCUT2D eigenvalue weighted by atomic mass is 16.5. The first-order valence-electron chi connectivity index (χ1n) is 5.74. The van der Waals surface area contributed by atoms with Crippen molar-refractivity contribution in [3.05, 3.63) is 23.0 Å². The first-order valence-corrected chi connectivity index (χ1v) is 5.74. The van der Waals surface area contributed by atoms with E-state index in [1.165, 1.54) is 5.56 Å². The van der Waals surface area contributed by atoms with Gasteiger partial charge in [0.1, 0.15) is 0 Å². The average molecular weight is 223 g/mol. The second-order valence-corrected chi connectivity index (χ2v) is 3.94. The van der Waals surface area contributed by atoms with Crippen LogP contribution in [0.4, 0.5) is 0 Å². The summed E-state index contributed by atoms with van der Waals surface area (Å²) in [4.78, 5) is 0. The van der Waals surface area contributed by atoms with Gasteiger partial charge in [-0.3, -0.25) is 0 Å². The lowest BCUT2D eigenvalue weighted by Crippen LogP contribution is -2.23. The fourth-order valence-electron chi connectivity index (χ4n) is 1.60. The minimum atomic E-state index is 0.195. The van der Waals surface area contributed by atoms with Crippen LogP contribution in [0.5, 0.6) is 0 Å². The van der Waals surface area contributed by atoms with Crippen LogP contribution in [-0.4, -0.2) is 30.5 Å². The first kappa shape index (κ1) is 13.1. The fourth-order valence-corrected chi connectivity index (χ4v) is 1.60. The molecule has 1 heterocycles. The predicted octanol–water partition coefficient (Wildman–Crippen LogP) is 1.78. The molecule has 0 amide bonds. The van der Waals surface area contributed by atoms with Crippen LogP contribution in [0.2, 0.25) is 0 Å². The predicted molar refractivity (Wildman–Crippen MR) is 64.4 cm³/mol. The first-order chi connectivity index (χ1) is 7.69. The molecule has 4 nitrogen and oxygen atoms in total. The third kappa shape index (κ3) is 3.54. The standard InChI is InChI=1S/C12H21N3O/c1-5-6-16-8-12(13-4)11-7-9(2)14-15-10(11)3/h7,12-13H,5-6,8H2,1-4H3. The largest absolute Gasteiger partial charge is 0.379 e. The van der Waals surface area contributed by atoms with E-state index in [0.717, 1.165) is 24.4 Å². The van der Waals surface area contributed by atoms with Gasteiger partial charge in [-0.05, 0) is 38.9 Å². The van der Waals surface area contributed by atoms with Crippen molar-refractivity contribution in [2.45, 2.75) is 33.2 Å². The minimum absolute atomic E-state index is 0.195. The van der Waals surface area contributed by atoms with Crippen LogP contribution in [0.1, 0.15) is 36.3 Å². The Morgan fingerprint density at radius 1 is 1.38 bits per heavy atom. The van der Waals surface area contributed by atoms with Gasteiger partial charge in [-0.2, -0.15) is 10.2 Å². The van der Waals surface area contributed by atoms with Crippen molar-refractivity contribution in [1.82, 2.24) is 15.5 Å². The van der Waals surface area contributed by atoms with E-state index in [1.807, 2.05) is 20.9 Å². The van der Waals surface area contributed by atoms with Crippen LogP contribution >= 0.6 is 0 Å². The van der Waals surface area contributed by atoms with E-state index in [1.54, 1.807) is 0 Å². The molecule has 0 bridgehead atoms. The molecule has 0 aliphatic carbocycles. The van der Waals surface area contributed by atoms with Crippen LogP contribution < -0.4 is 5.32 Å². The van der Waals surface area contributed by atoms with E-state index in [9.17, 15) is 0 Å². The van der Waals surface area contributed by atoms with Gasteiger partial charge >= 0.3 is 0 Å². The third-order valence-corrected chi connectivity index (χ3v) is 2.50. The maximum atomic E-state index is 5.57. The number of aromatic nitrogens is 2. The summed E-state index contributed by atoms with van der Waals surface area (Å²) in [5.74, 6) is 0.